The number of benzene rings is 1. The second-order valence-corrected chi connectivity index (χ2v) is 8.19. The molecule has 3 aromatic rings. The van der Waals surface area contributed by atoms with E-state index in [4.69, 9.17) is 11.6 Å². The van der Waals surface area contributed by atoms with Crippen molar-refractivity contribution < 1.29 is 18.0 Å². The molecule has 170 valence electrons. The van der Waals surface area contributed by atoms with Crippen molar-refractivity contribution in [2.45, 2.75) is 32.9 Å². The summed E-state index contributed by atoms with van der Waals surface area (Å²) >= 11 is 5.94. The van der Waals surface area contributed by atoms with Gasteiger partial charge in [0.05, 0.1) is 0 Å². The first-order valence-corrected chi connectivity index (χ1v) is 10.6. The van der Waals surface area contributed by atoms with Crippen LogP contribution in [0.3, 0.4) is 0 Å². The van der Waals surface area contributed by atoms with Gasteiger partial charge < -0.3 is 9.80 Å². The first-order chi connectivity index (χ1) is 15.1. The minimum atomic E-state index is -4.64. The van der Waals surface area contributed by atoms with E-state index in [1.807, 2.05) is 29.2 Å². The highest BCUT2D eigenvalue weighted by atomic mass is 35.5. The highest BCUT2D eigenvalue weighted by molar-refractivity contribution is 6.30. The summed E-state index contributed by atoms with van der Waals surface area (Å²) in [6.07, 6.45) is -4.02. The van der Waals surface area contributed by atoms with E-state index in [0.717, 1.165) is 23.3 Å². The second kappa shape index (κ2) is 8.57. The van der Waals surface area contributed by atoms with Gasteiger partial charge in [0, 0.05) is 54.7 Å². The molecule has 0 saturated carbocycles. The molecule has 32 heavy (non-hydrogen) atoms. The van der Waals surface area contributed by atoms with Gasteiger partial charge in [-0.05, 0) is 50.1 Å². The van der Waals surface area contributed by atoms with Crippen molar-refractivity contribution in [3.8, 4) is 0 Å². The minimum absolute atomic E-state index is 0.00854. The molecule has 0 radical (unpaired) electrons. The number of carbonyl (C=O) groups excluding carboxylic acids is 1. The maximum absolute atomic E-state index is 12.9. The van der Waals surface area contributed by atoms with Gasteiger partial charge >= 0.3 is 6.18 Å². The molecule has 0 atom stereocenters. The van der Waals surface area contributed by atoms with Crippen LogP contribution in [-0.4, -0.2) is 56.6 Å². The molecule has 0 unspecified atom stereocenters. The molecule has 1 aliphatic heterocycles. The van der Waals surface area contributed by atoms with Crippen LogP contribution < -0.4 is 4.90 Å². The predicted molar refractivity (Wildman–Crippen MR) is 114 cm³/mol. The zero-order valence-corrected chi connectivity index (χ0v) is 18.4. The lowest BCUT2D eigenvalue weighted by Gasteiger charge is -2.36. The number of hydrogen-bond donors (Lipinski definition) is 0. The Hall–Kier alpha value is -2.88. The minimum Gasteiger partial charge on any atom is -0.368 e. The zero-order valence-electron chi connectivity index (χ0n) is 17.7. The van der Waals surface area contributed by atoms with Crippen LogP contribution in [0.1, 0.15) is 29.2 Å². The van der Waals surface area contributed by atoms with Gasteiger partial charge in [0.15, 0.2) is 0 Å². The normalized spacial score (nSPS) is 14.9. The van der Waals surface area contributed by atoms with E-state index < -0.39 is 12.0 Å². The molecule has 1 aliphatic rings. The Bertz CT molecular complexity index is 1140. The van der Waals surface area contributed by atoms with Gasteiger partial charge in [-0.1, -0.05) is 11.6 Å². The van der Waals surface area contributed by atoms with Crippen LogP contribution in [0.4, 0.5) is 18.9 Å². The molecule has 1 aromatic carbocycles. The monoisotopic (exact) mass is 466 g/mol. The number of nitrogens with zero attached hydrogens (tertiary/aromatic N) is 6. The molecule has 0 spiro atoms. The number of carbonyl (C=O) groups is 1. The Morgan fingerprint density at radius 1 is 1.06 bits per heavy atom. The van der Waals surface area contributed by atoms with E-state index in [-0.39, 0.29) is 18.1 Å². The van der Waals surface area contributed by atoms with Crippen LogP contribution in [0.15, 0.2) is 24.3 Å². The molecule has 1 fully saturated rings. The fraction of sp³-hybridized carbons (Fsp3) is 0.429. The SMILES string of the molecule is Cc1nc2nc(C(F)(F)F)nn2c(C)c1CCC(=O)N1CCN(c2ccc(Cl)cc2)CC1. The van der Waals surface area contributed by atoms with Gasteiger partial charge in [-0.3, -0.25) is 4.79 Å². The maximum Gasteiger partial charge on any atom is 0.453 e. The summed E-state index contributed by atoms with van der Waals surface area (Å²) < 4.78 is 39.9. The summed E-state index contributed by atoms with van der Waals surface area (Å²) in [4.78, 5) is 24.4. The number of rotatable bonds is 4. The fourth-order valence-corrected chi connectivity index (χ4v) is 4.07. The average Bonchev–Trinajstić information content (AvgIpc) is 3.19. The van der Waals surface area contributed by atoms with Gasteiger partial charge in [-0.15, -0.1) is 5.10 Å². The lowest BCUT2D eigenvalue weighted by molar-refractivity contribution is -0.144. The topological polar surface area (TPSA) is 66.6 Å². The third-order valence-electron chi connectivity index (χ3n) is 5.72. The zero-order chi connectivity index (χ0) is 23.0. The van der Waals surface area contributed by atoms with Crippen molar-refractivity contribution in [2.24, 2.45) is 0 Å². The first-order valence-electron chi connectivity index (χ1n) is 10.2. The maximum atomic E-state index is 12.9. The van der Waals surface area contributed by atoms with Gasteiger partial charge in [0.1, 0.15) is 0 Å². The Morgan fingerprint density at radius 2 is 1.72 bits per heavy atom. The Kier molecular flexibility index (Phi) is 5.98. The largest absolute Gasteiger partial charge is 0.453 e. The van der Waals surface area contributed by atoms with E-state index in [0.29, 0.717) is 41.5 Å². The molecule has 11 heteroatoms. The number of halogens is 4. The van der Waals surface area contributed by atoms with Gasteiger partial charge in [0.25, 0.3) is 11.6 Å². The van der Waals surface area contributed by atoms with Crippen molar-refractivity contribution in [3.63, 3.8) is 0 Å². The molecule has 3 heterocycles. The van der Waals surface area contributed by atoms with Crippen molar-refractivity contribution >= 4 is 29.0 Å². The Labute approximate surface area is 187 Å². The number of fused-ring (bicyclic) bond motifs is 1. The summed E-state index contributed by atoms with van der Waals surface area (Å²) in [5.74, 6) is -1.31. The molecule has 0 N–H and O–H groups in total. The number of piperazine rings is 1. The fourth-order valence-electron chi connectivity index (χ4n) is 3.95. The first kappa shape index (κ1) is 22.3. The molecule has 4 rings (SSSR count). The molecule has 2 aromatic heterocycles. The van der Waals surface area contributed by atoms with Crippen molar-refractivity contribution in [1.82, 2.24) is 24.5 Å². The van der Waals surface area contributed by atoms with E-state index in [1.54, 1.807) is 13.8 Å². The van der Waals surface area contributed by atoms with Crippen LogP contribution in [0.5, 0.6) is 0 Å². The van der Waals surface area contributed by atoms with Gasteiger partial charge in [-0.2, -0.15) is 18.2 Å². The number of hydrogen-bond acceptors (Lipinski definition) is 5. The molecular weight excluding hydrogens is 445 g/mol. The van der Waals surface area contributed by atoms with Crippen LogP contribution in [-0.2, 0) is 17.4 Å². The molecular formula is C21H22ClF3N6O. The number of aryl methyl sites for hydroxylation is 2. The molecule has 1 saturated heterocycles. The summed E-state index contributed by atoms with van der Waals surface area (Å²) in [6, 6.07) is 7.61. The van der Waals surface area contributed by atoms with Crippen molar-refractivity contribution in [2.75, 3.05) is 31.1 Å². The molecule has 0 aliphatic carbocycles. The van der Waals surface area contributed by atoms with E-state index >= 15 is 0 Å². The van der Waals surface area contributed by atoms with Crippen LogP contribution in [0.25, 0.3) is 5.78 Å². The number of anilines is 1. The number of aromatic nitrogens is 4. The van der Waals surface area contributed by atoms with E-state index in [2.05, 4.69) is 20.0 Å². The molecule has 0 bridgehead atoms. The highest BCUT2D eigenvalue weighted by Gasteiger charge is 2.37. The van der Waals surface area contributed by atoms with Crippen molar-refractivity contribution in [3.05, 3.63) is 52.1 Å². The summed E-state index contributed by atoms with van der Waals surface area (Å²) in [5.41, 5.74) is 2.84. The summed E-state index contributed by atoms with van der Waals surface area (Å²) in [7, 11) is 0. The Morgan fingerprint density at radius 3 is 2.34 bits per heavy atom. The number of alkyl halides is 3. The van der Waals surface area contributed by atoms with Gasteiger partial charge in [0.2, 0.25) is 5.91 Å². The van der Waals surface area contributed by atoms with Crippen LogP contribution in [0.2, 0.25) is 5.02 Å². The number of amides is 1. The molecule has 1 amide bonds. The summed E-state index contributed by atoms with van der Waals surface area (Å²) in [5, 5.41) is 4.24. The van der Waals surface area contributed by atoms with Crippen LogP contribution >= 0.6 is 11.6 Å². The smallest absolute Gasteiger partial charge is 0.368 e. The van der Waals surface area contributed by atoms with Crippen LogP contribution in [0, 0.1) is 13.8 Å². The second-order valence-electron chi connectivity index (χ2n) is 7.75. The lowest BCUT2D eigenvalue weighted by atomic mass is 10.1. The van der Waals surface area contributed by atoms with Crippen molar-refractivity contribution in [1.29, 1.82) is 0 Å². The quantitative estimate of drug-likeness (QED) is 0.586. The van der Waals surface area contributed by atoms with Gasteiger partial charge in [-0.25, -0.2) is 9.50 Å². The third kappa shape index (κ3) is 4.50. The summed E-state index contributed by atoms with van der Waals surface area (Å²) in [6.45, 7) is 6.03. The highest BCUT2D eigenvalue weighted by Crippen LogP contribution is 2.27. The standard InChI is InChI=1S/C21H22ClF3N6O/c1-13-17(14(2)31-20(26-13)27-19(28-31)21(23,24)25)7-8-18(32)30-11-9-29(10-12-30)16-5-3-15(22)4-6-16/h3-6H,7-12H2,1-2H3. The van der Waals surface area contributed by atoms with E-state index in [9.17, 15) is 18.0 Å². The Balaban J connectivity index is 1.40. The average molecular weight is 467 g/mol. The third-order valence-corrected chi connectivity index (χ3v) is 5.97. The predicted octanol–water partition coefficient (Wildman–Crippen LogP) is 3.69. The molecule has 7 nitrogen and oxygen atoms in total. The lowest BCUT2D eigenvalue weighted by Crippen LogP contribution is -2.48. The van der Waals surface area contributed by atoms with E-state index in [1.165, 1.54) is 0 Å².